The molecule has 1 heteroatoms. The van der Waals surface area contributed by atoms with Crippen LogP contribution in [0.1, 0.15) is 32.1 Å². The fraction of sp³-hybridized carbons (Fsp3) is 0.909. The summed E-state index contributed by atoms with van der Waals surface area (Å²) in [6, 6.07) is 2.52. The third-order valence-corrected chi connectivity index (χ3v) is 4.60. The highest BCUT2D eigenvalue weighted by Crippen LogP contribution is 2.60. The van der Waals surface area contributed by atoms with Gasteiger partial charge in [-0.2, -0.15) is 5.26 Å². The van der Waals surface area contributed by atoms with E-state index < -0.39 is 0 Å². The van der Waals surface area contributed by atoms with Crippen LogP contribution in [0.3, 0.4) is 0 Å². The first kappa shape index (κ1) is 6.95. The van der Waals surface area contributed by atoms with Crippen molar-refractivity contribution in [1.29, 1.82) is 5.26 Å². The van der Waals surface area contributed by atoms with Gasteiger partial charge >= 0.3 is 0 Å². The lowest BCUT2D eigenvalue weighted by Gasteiger charge is -2.25. The molecule has 2 bridgehead atoms. The normalized spacial score (nSPS) is 55.4. The highest BCUT2D eigenvalue weighted by Gasteiger charge is 2.53. The Kier molecular flexibility index (Phi) is 1.30. The van der Waals surface area contributed by atoms with Crippen molar-refractivity contribution in [2.75, 3.05) is 0 Å². The molecule has 1 nitrogen and oxygen atoms in total. The monoisotopic (exact) mass is 161 g/mol. The van der Waals surface area contributed by atoms with Crippen molar-refractivity contribution in [3.05, 3.63) is 0 Å². The van der Waals surface area contributed by atoms with Gasteiger partial charge in [0, 0.05) is 5.92 Å². The molecule has 12 heavy (non-hydrogen) atoms. The zero-order valence-corrected chi connectivity index (χ0v) is 7.37. The van der Waals surface area contributed by atoms with Gasteiger partial charge in [-0.3, -0.25) is 0 Å². The van der Waals surface area contributed by atoms with E-state index in [0.29, 0.717) is 5.92 Å². The van der Waals surface area contributed by atoms with Crippen molar-refractivity contribution in [3.8, 4) is 6.07 Å². The number of hydrogen-bond donors (Lipinski definition) is 0. The number of hydrogen-bond acceptors (Lipinski definition) is 1. The Hall–Kier alpha value is -0.510. The molecule has 5 atom stereocenters. The van der Waals surface area contributed by atoms with Gasteiger partial charge in [0.25, 0.3) is 0 Å². The Morgan fingerprint density at radius 1 is 1.00 bits per heavy atom. The summed E-state index contributed by atoms with van der Waals surface area (Å²) in [5.41, 5.74) is 0. The molecule has 0 amide bonds. The molecule has 0 spiro atoms. The molecule has 3 saturated carbocycles. The number of nitrogens with zero attached hydrogens (tertiary/aromatic N) is 1. The van der Waals surface area contributed by atoms with Crippen LogP contribution in [0, 0.1) is 40.9 Å². The maximum Gasteiger partial charge on any atom is 0.0658 e. The molecule has 0 saturated heterocycles. The molecule has 3 fully saturated rings. The minimum Gasteiger partial charge on any atom is -0.198 e. The third-order valence-electron chi connectivity index (χ3n) is 4.60. The highest BCUT2D eigenvalue weighted by atomic mass is 14.6. The van der Waals surface area contributed by atoms with Crippen LogP contribution in [0.2, 0.25) is 0 Å². The van der Waals surface area contributed by atoms with Crippen LogP contribution in [0.15, 0.2) is 0 Å². The van der Waals surface area contributed by atoms with E-state index in [0.717, 1.165) is 23.7 Å². The van der Waals surface area contributed by atoms with Gasteiger partial charge in [-0.15, -0.1) is 0 Å². The standard InChI is InChI=1S/C11H15N/c12-6-9-3-4-10-7-1-2-8(5-7)11(9)10/h7-11H,1-5H2. The molecule has 0 heterocycles. The van der Waals surface area contributed by atoms with Gasteiger partial charge in [-0.25, -0.2) is 0 Å². The largest absolute Gasteiger partial charge is 0.198 e. The lowest BCUT2D eigenvalue weighted by Crippen LogP contribution is -2.21. The van der Waals surface area contributed by atoms with E-state index in [1.165, 1.54) is 32.1 Å². The van der Waals surface area contributed by atoms with Crippen LogP contribution < -0.4 is 0 Å². The lowest BCUT2D eigenvalue weighted by atomic mass is 9.78. The zero-order valence-electron chi connectivity index (χ0n) is 7.37. The van der Waals surface area contributed by atoms with Gasteiger partial charge in [0.1, 0.15) is 0 Å². The third kappa shape index (κ3) is 0.690. The summed E-state index contributed by atoms with van der Waals surface area (Å²) in [6.45, 7) is 0. The Labute approximate surface area is 73.8 Å². The maximum atomic E-state index is 8.99. The Morgan fingerprint density at radius 2 is 1.83 bits per heavy atom. The minimum absolute atomic E-state index is 0.435. The average Bonchev–Trinajstić information content (AvgIpc) is 2.76. The molecule has 0 aromatic rings. The molecule has 64 valence electrons. The molecule has 3 aliphatic carbocycles. The van der Waals surface area contributed by atoms with Gasteiger partial charge in [0.05, 0.1) is 6.07 Å². The smallest absolute Gasteiger partial charge is 0.0658 e. The average molecular weight is 161 g/mol. The Bertz CT molecular complexity index is 240. The zero-order chi connectivity index (χ0) is 8.13. The molecule has 3 aliphatic rings. The second-order valence-electron chi connectivity index (χ2n) is 4.89. The summed E-state index contributed by atoms with van der Waals surface area (Å²) < 4.78 is 0. The van der Waals surface area contributed by atoms with E-state index in [4.69, 9.17) is 5.26 Å². The van der Waals surface area contributed by atoms with E-state index in [1.54, 1.807) is 0 Å². The Morgan fingerprint density at radius 3 is 2.67 bits per heavy atom. The van der Waals surface area contributed by atoms with Crippen LogP contribution in [0.25, 0.3) is 0 Å². The number of rotatable bonds is 0. The predicted molar refractivity (Wildman–Crippen MR) is 46.1 cm³/mol. The van der Waals surface area contributed by atoms with Crippen LogP contribution in [-0.2, 0) is 0 Å². The summed E-state index contributed by atoms with van der Waals surface area (Å²) in [5.74, 6) is 4.21. The van der Waals surface area contributed by atoms with Gasteiger partial charge in [0.15, 0.2) is 0 Å². The molecule has 0 aromatic carbocycles. The molecule has 0 aliphatic heterocycles. The van der Waals surface area contributed by atoms with Gasteiger partial charge in [0.2, 0.25) is 0 Å². The van der Waals surface area contributed by atoms with Crippen molar-refractivity contribution in [3.63, 3.8) is 0 Å². The molecule has 3 rings (SSSR count). The summed E-state index contributed by atoms with van der Waals surface area (Å²) in [5, 5.41) is 8.99. The minimum atomic E-state index is 0.435. The molecule has 0 radical (unpaired) electrons. The molecular weight excluding hydrogens is 146 g/mol. The van der Waals surface area contributed by atoms with E-state index in [1.807, 2.05) is 0 Å². The highest BCUT2D eigenvalue weighted by molar-refractivity contribution is 5.07. The van der Waals surface area contributed by atoms with Crippen molar-refractivity contribution in [2.24, 2.45) is 29.6 Å². The summed E-state index contributed by atoms with van der Waals surface area (Å²) in [7, 11) is 0. The molecule has 0 aromatic heterocycles. The van der Waals surface area contributed by atoms with Crippen molar-refractivity contribution in [2.45, 2.75) is 32.1 Å². The van der Waals surface area contributed by atoms with Crippen molar-refractivity contribution in [1.82, 2.24) is 0 Å². The van der Waals surface area contributed by atoms with E-state index in [-0.39, 0.29) is 0 Å². The second-order valence-corrected chi connectivity index (χ2v) is 4.89. The molecule has 5 unspecified atom stereocenters. The Balaban J connectivity index is 1.90. The topological polar surface area (TPSA) is 23.8 Å². The fourth-order valence-corrected chi connectivity index (χ4v) is 4.23. The lowest BCUT2D eigenvalue weighted by molar-refractivity contribution is 0.236. The van der Waals surface area contributed by atoms with Crippen LogP contribution >= 0.6 is 0 Å². The second kappa shape index (κ2) is 2.25. The summed E-state index contributed by atoms with van der Waals surface area (Å²) in [6.07, 6.45) is 6.95. The number of nitriles is 1. The first-order valence-corrected chi connectivity index (χ1v) is 5.30. The van der Waals surface area contributed by atoms with Gasteiger partial charge in [-0.05, 0) is 55.8 Å². The molecule has 0 N–H and O–H groups in total. The van der Waals surface area contributed by atoms with Crippen LogP contribution in [0.4, 0.5) is 0 Å². The van der Waals surface area contributed by atoms with E-state index in [2.05, 4.69) is 6.07 Å². The van der Waals surface area contributed by atoms with Crippen molar-refractivity contribution >= 4 is 0 Å². The van der Waals surface area contributed by atoms with Crippen LogP contribution in [-0.4, -0.2) is 0 Å². The SMILES string of the molecule is N#CC1CCC2C3CCC(C3)C12. The van der Waals surface area contributed by atoms with Gasteiger partial charge < -0.3 is 0 Å². The number of fused-ring (bicyclic) bond motifs is 5. The van der Waals surface area contributed by atoms with E-state index >= 15 is 0 Å². The molecular formula is C11H15N. The van der Waals surface area contributed by atoms with E-state index in [9.17, 15) is 0 Å². The fourth-order valence-electron chi connectivity index (χ4n) is 4.23. The predicted octanol–water partition coefficient (Wildman–Crippen LogP) is 2.58. The quantitative estimate of drug-likeness (QED) is 0.535. The summed E-state index contributed by atoms with van der Waals surface area (Å²) in [4.78, 5) is 0. The van der Waals surface area contributed by atoms with Crippen molar-refractivity contribution < 1.29 is 0 Å². The first-order valence-electron chi connectivity index (χ1n) is 5.30. The maximum absolute atomic E-state index is 8.99. The summed E-state index contributed by atoms with van der Waals surface area (Å²) >= 11 is 0. The first-order chi connectivity index (χ1) is 5.90. The van der Waals surface area contributed by atoms with Gasteiger partial charge in [-0.1, -0.05) is 0 Å². The van der Waals surface area contributed by atoms with Crippen LogP contribution in [0.5, 0.6) is 0 Å².